The van der Waals surface area contributed by atoms with Gasteiger partial charge < -0.3 is 15.4 Å². The number of benzene rings is 3. The third kappa shape index (κ3) is 5.16. The second kappa shape index (κ2) is 9.09. The smallest absolute Gasteiger partial charge is 0.387 e. The molecule has 0 aliphatic rings. The summed E-state index contributed by atoms with van der Waals surface area (Å²) in [5.41, 5.74) is 2.99. The number of nitrogens with zero attached hydrogens (tertiary/aromatic N) is 2. The standard InChI is InChI=1S/C23H20F2N4OS/c1-15-9-10-20(21(11-15)30-22(24)25)28-23(31)27-18-12-26-29(14-18)13-17-7-4-6-16-5-2-3-8-19(16)17/h2-12,14,22H,13H2,1H3,(H2,27,28,31). The average Bonchev–Trinajstić information content (AvgIpc) is 3.16. The predicted molar refractivity (Wildman–Crippen MR) is 123 cm³/mol. The Kier molecular flexibility index (Phi) is 6.08. The molecule has 0 spiro atoms. The Morgan fingerprint density at radius 1 is 1.10 bits per heavy atom. The molecule has 0 atom stereocenters. The van der Waals surface area contributed by atoms with Crippen molar-refractivity contribution in [1.29, 1.82) is 0 Å². The van der Waals surface area contributed by atoms with Crippen molar-refractivity contribution in [1.82, 2.24) is 9.78 Å². The number of aryl methyl sites for hydroxylation is 1. The Balaban J connectivity index is 1.44. The second-order valence-corrected chi connectivity index (χ2v) is 7.43. The fourth-order valence-electron chi connectivity index (χ4n) is 3.33. The van der Waals surface area contributed by atoms with Crippen LogP contribution in [-0.2, 0) is 6.54 Å². The van der Waals surface area contributed by atoms with Crippen LogP contribution >= 0.6 is 12.2 Å². The molecule has 2 N–H and O–H groups in total. The minimum atomic E-state index is -2.92. The minimum Gasteiger partial charge on any atom is -0.433 e. The largest absolute Gasteiger partial charge is 0.433 e. The maximum atomic E-state index is 12.7. The molecule has 0 fully saturated rings. The second-order valence-electron chi connectivity index (χ2n) is 7.02. The van der Waals surface area contributed by atoms with Gasteiger partial charge in [-0.3, -0.25) is 4.68 Å². The van der Waals surface area contributed by atoms with E-state index in [9.17, 15) is 8.78 Å². The van der Waals surface area contributed by atoms with Gasteiger partial charge in [-0.25, -0.2) is 0 Å². The summed E-state index contributed by atoms with van der Waals surface area (Å²) in [5.74, 6) is 0.0331. The van der Waals surface area contributed by atoms with Crippen molar-refractivity contribution in [3.05, 3.63) is 84.2 Å². The van der Waals surface area contributed by atoms with Gasteiger partial charge in [-0.05, 0) is 53.2 Å². The fraction of sp³-hybridized carbons (Fsp3) is 0.130. The van der Waals surface area contributed by atoms with Crippen LogP contribution in [0.15, 0.2) is 73.1 Å². The highest BCUT2D eigenvalue weighted by atomic mass is 32.1. The van der Waals surface area contributed by atoms with Crippen molar-refractivity contribution in [2.45, 2.75) is 20.1 Å². The summed E-state index contributed by atoms with van der Waals surface area (Å²) in [6.07, 6.45) is 3.49. The van der Waals surface area contributed by atoms with E-state index in [1.54, 1.807) is 25.3 Å². The molecular formula is C23H20F2N4OS. The number of anilines is 2. The van der Waals surface area contributed by atoms with Gasteiger partial charge in [0.05, 0.1) is 24.1 Å². The minimum absolute atomic E-state index is 0.0331. The van der Waals surface area contributed by atoms with Crippen LogP contribution in [0, 0.1) is 6.92 Å². The molecule has 0 unspecified atom stereocenters. The van der Waals surface area contributed by atoms with Gasteiger partial charge in [-0.1, -0.05) is 48.5 Å². The molecule has 5 nitrogen and oxygen atoms in total. The normalized spacial score (nSPS) is 11.0. The molecule has 0 saturated heterocycles. The monoisotopic (exact) mass is 438 g/mol. The molecule has 4 aromatic rings. The lowest BCUT2D eigenvalue weighted by atomic mass is 10.0. The van der Waals surface area contributed by atoms with E-state index >= 15 is 0 Å². The van der Waals surface area contributed by atoms with Gasteiger partial charge in [-0.15, -0.1) is 0 Å². The number of hydrogen-bond donors (Lipinski definition) is 2. The molecule has 1 aromatic heterocycles. The van der Waals surface area contributed by atoms with E-state index in [-0.39, 0.29) is 10.9 Å². The average molecular weight is 439 g/mol. The zero-order chi connectivity index (χ0) is 21.8. The van der Waals surface area contributed by atoms with Gasteiger partial charge in [0, 0.05) is 6.20 Å². The van der Waals surface area contributed by atoms with Gasteiger partial charge in [0.15, 0.2) is 5.11 Å². The van der Waals surface area contributed by atoms with Crippen LogP contribution in [-0.4, -0.2) is 21.5 Å². The first-order valence-electron chi connectivity index (χ1n) is 9.60. The van der Waals surface area contributed by atoms with Crippen LogP contribution in [0.5, 0.6) is 5.75 Å². The van der Waals surface area contributed by atoms with Crippen LogP contribution in [0.2, 0.25) is 0 Å². The predicted octanol–water partition coefficient (Wildman–Crippen LogP) is 5.80. The fourth-order valence-corrected chi connectivity index (χ4v) is 3.56. The molecule has 0 bridgehead atoms. The Bertz CT molecular complexity index is 1220. The van der Waals surface area contributed by atoms with Crippen LogP contribution in [0.4, 0.5) is 20.2 Å². The lowest BCUT2D eigenvalue weighted by molar-refractivity contribution is -0.0493. The number of nitrogens with one attached hydrogen (secondary N) is 2. The molecule has 0 amide bonds. The van der Waals surface area contributed by atoms with Crippen molar-refractivity contribution >= 4 is 39.5 Å². The first-order valence-corrected chi connectivity index (χ1v) is 10.0. The van der Waals surface area contributed by atoms with E-state index in [0.29, 0.717) is 17.9 Å². The first-order chi connectivity index (χ1) is 15.0. The Morgan fingerprint density at radius 2 is 1.90 bits per heavy atom. The first kappa shape index (κ1) is 20.7. The number of aromatic nitrogens is 2. The quantitative estimate of drug-likeness (QED) is 0.373. The zero-order valence-electron chi connectivity index (χ0n) is 16.7. The Labute approximate surface area is 183 Å². The topological polar surface area (TPSA) is 51.1 Å². The van der Waals surface area contributed by atoms with Crippen LogP contribution in [0.25, 0.3) is 10.8 Å². The molecule has 1 heterocycles. The highest BCUT2D eigenvalue weighted by molar-refractivity contribution is 7.80. The van der Waals surface area contributed by atoms with E-state index in [0.717, 1.165) is 11.1 Å². The summed E-state index contributed by atoms with van der Waals surface area (Å²) in [6.45, 7) is -0.521. The highest BCUT2D eigenvalue weighted by Crippen LogP contribution is 2.27. The highest BCUT2D eigenvalue weighted by Gasteiger charge is 2.12. The summed E-state index contributed by atoms with van der Waals surface area (Å²) >= 11 is 5.32. The SMILES string of the molecule is Cc1ccc(NC(=S)Nc2cnn(Cc3cccc4ccccc34)c2)c(OC(F)F)c1. The maximum Gasteiger partial charge on any atom is 0.387 e. The van der Waals surface area contributed by atoms with E-state index in [1.165, 1.54) is 16.8 Å². The molecule has 3 aromatic carbocycles. The van der Waals surface area contributed by atoms with Gasteiger partial charge in [0.25, 0.3) is 0 Å². The van der Waals surface area contributed by atoms with Crippen molar-refractivity contribution < 1.29 is 13.5 Å². The van der Waals surface area contributed by atoms with Crippen molar-refractivity contribution in [2.75, 3.05) is 10.6 Å². The Morgan fingerprint density at radius 3 is 2.74 bits per heavy atom. The van der Waals surface area contributed by atoms with Crippen molar-refractivity contribution in [3.63, 3.8) is 0 Å². The molecular weight excluding hydrogens is 418 g/mol. The molecule has 31 heavy (non-hydrogen) atoms. The number of halogens is 2. The van der Waals surface area contributed by atoms with E-state index in [4.69, 9.17) is 12.2 Å². The number of hydrogen-bond acceptors (Lipinski definition) is 3. The van der Waals surface area contributed by atoms with E-state index in [1.807, 2.05) is 29.1 Å². The molecule has 158 valence electrons. The summed E-state index contributed by atoms with van der Waals surface area (Å²) < 4.78 is 31.8. The molecule has 0 saturated carbocycles. The number of alkyl halides is 2. The van der Waals surface area contributed by atoms with Crippen LogP contribution in [0.1, 0.15) is 11.1 Å². The van der Waals surface area contributed by atoms with Crippen LogP contribution < -0.4 is 15.4 Å². The van der Waals surface area contributed by atoms with E-state index in [2.05, 4.69) is 44.7 Å². The van der Waals surface area contributed by atoms with E-state index < -0.39 is 6.61 Å². The summed E-state index contributed by atoms with van der Waals surface area (Å²) in [6, 6.07) is 19.3. The van der Waals surface area contributed by atoms with Gasteiger partial charge in [0.2, 0.25) is 0 Å². The molecule has 0 aliphatic carbocycles. The van der Waals surface area contributed by atoms with Crippen molar-refractivity contribution in [3.8, 4) is 5.75 Å². The summed E-state index contributed by atoms with van der Waals surface area (Å²) in [7, 11) is 0. The van der Waals surface area contributed by atoms with Crippen molar-refractivity contribution in [2.24, 2.45) is 0 Å². The lowest BCUT2D eigenvalue weighted by Crippen LogP contribution is -2.19. The third-order valence-corrected chi connectivity index (χ3v) is 4.91. The van der Waals surface area contributed by atoms with Gasteiger partial charge in [-0.2, -0.15) is 13.9 Å². The summed E-state index contributed by atoms with van der Waals surface area (Å²) in [5, 5.41) is 12.9. The van der Waals surface area contributed by atoms with Gasteiger partial charge in [0.1, 0.15) is 5.75 Å². The summed E-state index contributed by atoms with van der Waals surface area (Å²) in [4.78, 5) is 0. The van der Waals surface area contributed by atoms with Crippen LogP contribution in [0.3, 0.4) is 0 Å². The third-order valence-electron chi connectivity index (χ3n) is 4.70. The molecule has 8 heteroatoms. The molecule has 0 radical (unpaired) electrons. The Hall–Kier alpha value is -3.52. The lowest BCUT2D eigenvalue weighted by Gasteiger charge is -2.14. The maximum absolute atomic E-state index is 12.7. The number of thiocarbonyl (C=S) groups is 1. The number of rotatable bonds is 6. The number of ether oxygens (including phenoxy) is 1. The van der Waals surface area contributed by atoms with Gasteiger partial charge >= 0.3 is 6.61 Å². The molecule has 0 aliphatic heterocycles. The number of fused-ring (bicyclic) bond motifs is 1. The molecule has 4 rings (SSSR count). The zero-order valence-corrected chi connectivity index (χ0v) is 17.5.